The number of nitrogens with zero attached hydrogens (tertiary/aromatic N) is 2. The summed E-state index contributed by atoms with van der Waals surface area (Å²) in [6.07, 6.45) is 1.18. The molecule has 0 aliphatic carbocycles. The van der Waals surface area contributed by atoms with Crippen LogP contribution >= 0.6 is 11.3 Å². The molecule has 3 aromatic rings. The number of oxazole rings is 1. The highest BCUT2D eigenvalue weighted by atomic mass is 32.2. The van der Waals surface area contributed by atoms with E-state index in [1.807, 2.05) is 12.3 Å². The maximum Gasteiger partial charge on any atom is 0.417 e. The zero-order chi connectivity index (χ0) is 19.9. The fourth-order valence-corrected chi connectivity index (χ4v) is 5.46. The number of piperidine rings is 1. The molecule has 9 nitrogen and oxygen atoms in total. The van der Waals surface area contributed by atoms with Crippen molar-refractivity contribution >= 4 is 43.5 Å². The van der Waals surface area contributed by atoms with E-state index in [1.165, 1.54) is 33.8 Å². The van der Waals surface area contributed by atoms with Crippen LogP contribution in [0.4, 0.5) is 5.13 Å². The first kappa shape index (κ1) is 18.8. The van der Waals surface area contributed by atoms with E-state index in [0.717, 1.165) is 5.69 Å². The second-order valence-corrected chi connectivity index (χ2v) is 9.45. The van der Waals surface area contributed by atoms with Gasteiger partial charge in [0.25, 0.3) is 0 Å². The first-order valence-electron chi connectivity index (χ1n) is 8.69. The van der Waals surface area contributed by atoms with Crippen molar-refractivity contribution in [3.05, 3.63) is 39.8 Å². The molecule has 0 bridgehead atoms. The first-order valence-corrected chi connectivity index (χ1v) is 11.0. The Morgan fingerprint density at radius 2 is 2.25 bits per heavy atom. The zero-order valence-corrected chi connectivity index (χ0v) is 16.6. The topological polar surface area (TPSA) is 125 Å². The molecule has 1 aliphatic rings. The number of nitrogens with one attached hydrogen (secondary N) is 2. The quantitative estimate of drug-likeness (QED) is 0.662. The fraction of sp³-hybridized carbons (Fsp3) is 0.353. The number of aryl methyl sites for hydroxylation is 1. The van der Waals surface area contributed by atoms with Crippen LogP contribution in [-0.2, 0) is 14.8 Å². The molecule has 0 saturated carbocycles. The Kier molecular flexibility index (Phi) is 4.81. The maximum atomic E-state index is 13.0. The van der Waals surface area contributed by atoms with Gasteiger partial charge >= 0.3 is 5.76 Å². The van der Waals surface area contributed by atoms with Gasteiger partial charge in [-0.05, 0) is 31.9 Å². The molecular weight excluding hydrogens is 404 g/mol. The van der Waals surface area contributed by atoms with Crippen molar-refractivity contribution in [2.24, 2.45) is 5.92 Å². The van der Waals surface area contributed by atoms with E-state index in [4.69, 9.17) is 4.42 Å². The van der Waals surface area contributed by atoms with Gasteiger partial charge in [-0.15, -0.1) is 11.3 Å². The van der Waals surface area contributed by atoms with Crippen molar-refractivity contribution in [1.29, 1.82) is 0 Å². The Labute approximate surface area is 164 Å². The number of H-pyrrole nitrogens is 1. The number of hydrogen-bond donors (Lipinski definition) is 2. The summed E-state index contributed by atoms with van der Waals surface area (Å²) in [5.74, 6) is -1.33. The number of aromatic nitrogens is 2. The second kappa shape index (κ2) is 7.15. The molecule has 28 heavy (non-hydrogen) atoms. The highest BCUT2D eigenvalue weighted by Crippen LogP contribution is 2.26. The van der Waals surface area contributed by atoms with Crippen molar-refractivity contribution < 1.29 is 17.6 Å². The van der Waals surface area contributed by atoms with Crippen molar-refractivity contribution in [3.63, 3.8) is 0 Å². The molecule has 1 fully saturated rings. The Balaban J connectivity index is 1.53. The van der Waals surface area contributed by atoms with E-state index < -0.39 is 21.7 Å². The molecule has 2 N–H and O–H groups in total. The first-order chi connectivity index (χ1) is 13.3. The second-order valence-electron chi connectivity index (χ2n) is 6.66. The molecule has 148 valence electrons. The van der Waals surface area contributed by atoms with Gasteiger partial charge in [0.1, 0.15) is 0 Å². The van der Waals surface area contributed by atoms with Gasteiger partial charge in [-0.25, -0.2) is 18.2 Å². The van der Waals surface area contributed by atoms with E-state index >= 15 is 0 Å². The van der Waals surface area contributed by atoms with Gasteiger partial charge in [0.2, 0.25) is 15.9 Å². The van der Waals surface area contributed by atoms with Crippen LogP contribution in [0, 0.1) is 12.8 Å². The Morgan fingerprint density at radius 3 is 3.00 bits per heavy atom. The summed E-state index contributed by atoms with van der Waals surface area (Å²) >= 11 is 1.33. The number of fused-ring (bicyclic) bond motifs is 1. The SMILES string of the molecule is Cc1csc(NC(=O)C2CCCN(S(=O)(=O)c3ccc4[nH]c(=O)oc4c3)C2)n1. The Morgan fingerprint density at radius 1 is 1.43 bits per heavy atom. The van der Waals surface area contributed by atoms with Gasteiger partial charge in [0, 0.05) is 24.5 Å². The predicted octanol–water partition coefficient (Wildman–Crippen LogP) is 1.93. The summed E-state index contributed by atoms with van der Waals surface area (Å²) in [7, 11) is -3.82. The third-order valence-electron chi connectivity index (χ3n) is 4.63. The molecule has 1 saturated heterocycles. The molecule has 1 aromatic carbocycles. The van der Waals surface area contributed by atoms with E-state index in [0.29, 0.717) is 30.0 Å². The zero-order valence-electron chi connectivity index (χ0n) is 15.0. The summed E-state index contributed by atoms with van der Waals surface area (Å²) in [6.45, 7) is 2.26. The van der Waals surface area contributed by atoms with Gasteiger partial charge < -0.3 is 9.73 Å². The molecular formula is C17H18N4O5S2. The van der Waals surface area contributed by atoms with Crippen LogP contribution in [0.25, 0.3) is 11.1 Å². The molecule has 11 heteroatoms. The number of hydrogen-bond acceptors (Lipinski definition) is 7. The summed E-state index contributed by atoms with van der Waals surface area (Å²) in [5.41, 5.74) is 1.43. The molecule has 2 aromatic heterocycles. The van der Waals surface area contributed by atoms with Crippen molar-refractivity contribution in [2.75, 3.05) is 18.4 Å². The predicted molar refractivity (Wildman–Crippen MR) is 104 cm³/mol. The maximum absolute atomic E-state index is 13.0. The number of rotatable bonds is 4. The fourth-order valence-electron chi connectivity index (χ4n) is 3.23. The average Bonchev–Trinajstić information content (AvgIpc) is 3.25. The minimum absolute atomic E-state index is 0.0272. The lowest BCUT2D eigenvalue weighted by Crippen LogP contribution is -2.43. The van der Waals surface area contributed by atoms with E-state index in [2.05, 4.69) is 15.3 Å². The summed E-state index contributed by atoms with van der Waals surface area (Å²) in [4.78, 5) is 30.5. The molecule has 1 aliphatic heterocycles. The summed E-state index contributed by atoms with van der Waals surface area (Å²) < 4.78 is 32.3. The highest BCUT2D eigenvalue weighted by Gasteiger charge is 2.33. The monoisotopic (exact) mass is 422 g/mol. The number of carbonyl (C=O) groups excluding carboxylic acids is 1. The third-order valence-corrected chi connectivity index (χ3v) is 7.37. The minimum Gasteiger partial charge on any atom is -0.408 e. The lowest BCUT2D eigenvalue weighted by Gasteiger charge is -2.31. The Hall–Kier alpha value is -2.50. The van der Waals surface area contributed by atoms with Crippen LogP contribution < -0.4 is 11.1 Å². The largest absolute Gasteiger partial charge is 0.417 e. The van der Waals surface area contributed by atoms with Crippen LogP contribution in [0.2, 0.25) is 0 Å². The van der Waals surface area contributed by atoms with Gasteiger partial charge in [0.05, 0.1) is 22.0 Å². The van der Waals surface area contributed by atoms with Crippen LogP contribution in [0.1, 0.15) is 18.5 Å². The van der Waals surface area contributed by atoms with Crippen molar-refractivity contribution in [3.8, 4) is 0 Å². The minimum atomic E-state index is -3.82. The van der Waals surface area contributed by atoms with E-state index in [9.17, 15) is 18.0 Å². The van der Waals surface area contributed by atoms with Crippen LogP contribution in [0.3, 0.4) is 0 Å². The molecule has 4 rings (SSSR count). The van der Waals surface area contributed by atoms with E-state index in [1.54, 1.807) is 0 Å². The lowest BCUT2D eigenvalue weighted by atomic mass is 9.99. The standard InChI is InChI=1S/C17H18N4O5S2/c1-10-9-27-16(18-10)20-15(22)11-3-2-6-21(8-11)28(24,25)12-4-5-13-14(7-12)26-17(23)19-13/h4-5,7,9,11H,2-3,6,8H2,1H3,(H,19,23)(H,18,20,22). The average molecular weight is 422 g/mol. The normalized spacial score (nSPS) is 18.4. The number of anilines is 1. The van der Waals surface area contributed by atoms with Crippen molar-refractivity contribution in [1.82, 2.24) is 14.3 Å². The molecule has 1 amide bonds. The third kappa shape index (κ3) is 3.60. The van der Waals surface area contributed by atoms with Gasteiger partial charge in [-0.2, -0.15) is 4.31 Å². The number of carbonyl (C=O) groups is 1. The van der Waals surface area contributed by atoms with Crippen LogP contribution in [0.15, 0.2) is 37.7 Å². The number of benzene rings is 1. The van der Waals surface area contributed by atoms with Crippen LogP contribution in [-0.4, -0.2) is 41.7 Å². The molecule has 0 spiro atoms. The number of sulfonamides is 1. The van der Waals surface area contributed by atoms with Gasteiger partial charge in [0.15, 0.2) is 10.7 Å². The van der Waals surface area contributed by atoms with Gasteiger partial charge in [-0.3, -0.25) is 9.78 Å². The lowest BCUT2D eigenvalue weighted by molar-refractivity contribution is -0.120. The summed E-state index contributed by atoms with van der Waals surface area (Å²) in [5, 5.41) is 5.11. The van der Waals surface area contributed by atoms with Crippen molar-refractivity contribution in [2.45, 2.75) is 24.7 Å². The highest BCUT2D eigenvalue weighted by molar-refractivity contribution is 7.89. The molecule has 1 unspecified atom stereocenters. The molecule has 0 radical (unpaired) electrons. The molecule has 3 heterocycles. The number of aromatic amines is 1. The molecule has 1 atom stereocenters. The Bertz CT molecular complexity index is 1190. The number of amides is 1. The smallest absolute Gasteiger partial charge is 0.408 e. The van der Waals surface area contributed by atoms with Gasteiger partial charge in [-0.1, -0.05) is 0 Å². The number of thiazole rings is 1. The van der Waals surface area contributed by atoms with Crippen LogP contribution in [0.5, 0.6) is 0 Å². The van der Waals surface area contributed by atoms with E-state index in [-0.39, 0.29) is 22.9 Å². The summed E-state index contributed by atoms with van der Waals surface area (Å²) in [6, 6.07) is 4.24.